The number of hydrogen-bond donors (Lipinski definition) is 1. The Balaban J connectivity index is 2.00. The predicted octanol–water partition coefficient (Wildman–Crippen LogP) is 7.37. The molecule has 0 spiro atoms. The molecule has 0 unspecified atom stereocenters. The Morgan fingerprint density at radius 1 is 1.06 bits per heavy atom. The molecule has 0 aliphatic heterocycles. The molecule has 2 rings (SSSR count). The van der Waals surface area contributed by atoms with Crippen LogP contribution in [0.25, 0.3) is 0 Å². The van der Waals surface area contributed by atoms with E-state index in [0.717, 1.165) is 25.0 Å². The highest BCUT2D eigenvalue weighted by atomic mass is 79.9. The van der Waals surface area contributed by atoms with Gasteiger partial charge in [-0.15, -0.1) is 0 Å². The molecule has 9 heteroatoms. The minimum absolute atomic E-state index is 0.137. The molecule has 0 bridgehead atoms. The van der Waals surface area contributed by atoms with Crippen LogP contribution in [0.1, 0.15) is 73.9 Å². The van der Waals surface area contributed by atoms with Gasteiger partial charge in [0, 0.05) is 5.56 Å². The maximum absolute atomic E-state index is 12.8. The molecular weight excluding hydrogens is 513 g/mol. The second-order valence-electron chi connectivity index (χ2n) is 7.66. The Bertz CT molecular complexity index is 965. The van der Waals surface area contributed by atoms with E-state index >= 15 is 0 Å². The first-order valence-corrected chi connectivity index (χ1v) is 12.1. The number of benzene rings is 2. The fourth-order valence-electron chi connectivity index (χ4n) is 3.19. The number of hydrogen-bond acceptors (Lipinski definition) is 4. The van der Waals surface area contributed by atoms with Gasteiger partial charge in [0.25, 0.3) is 5.91 Å². The monoisotopic (exact) mass is 542 g/mol. The second-order valence-corrected chi connectivity index (χ2v) is 8.51. The molecule has 0 aliphatic carbocycles. The third-order valence-corrected chi connectivity index (χ3v) is 5.50. The highest BCUT2D eigenvalue weighted by Crippen LogP contribution is 2.37. The Hall–Kier alpha value is -2.55. The first kappa shape index (κ1) is 27.7. The van der Waals surface area contributed by atoms with Crippen LogP contribution in [0.5, 0.6) is 11.5 Å². The predicted molar refractivity (Wildman–Crippen MR) is 131 cm³/mol. The molecule has 2 aromatic carbocycles. The van der Waals surface area contributed by atoms with Gasteiger partial charge in [-0.1, -0.05) is 45.1 Å². The van der Waals surface area contributed by atoms with E-state index in [4.69, 9.17) is 9.47 Å². The van der Waals surface area contributed by atoms with Crippen molar-refractivity contribution in [2.45, 2.75) is 58.5 Å². The molecule has 1 N–H and O–H groups in total. The van der Waals surface area contributed by atoms with Crippen molar-refractivity contribution < 1.29 is 27.4 Å². The van der Waals surface area contributed by atoms with Gasteiger partial charge in [-0.05, 0) is 65.2 Å². The van der Waals surface area contributed by atoms with Gasteiger partial charge >= 0.3 is 6.18 Å². The van der Waals surface area contributed by atoms with E-state index in [1.165, 1.54) is 44.0 Å². The van der Waals surface area contributed by atoms with Crippen LogP contribution in [0.4, 0.5) is 13.2 Å². The average molecular weight is 543 g/mol. The number of alkyl halides is 3. The zero-order valence-electron chi connectivity index (χ0n) is 19.4. The maximum Gasteiger partial charge on any atom is 0.416 e. The molecule has 34 heavy (non-hydrogen) atoms. The van der Waals surface area contributed by atoms with Crippen LogP contribution in [-0.2, 0) is 6.18 Å². The molecular formula is C25H30BrF3N2O3. The molecule has 2 aromatic rings. The van der Waals surface area contributed by atoms with Crippen molar-refractivity contribution in [3.8, 4) is 11.5 Å². The number of amides is 1. The number of nitrogens with one attached hydrogen (secondary N) is 1. The Morgan fingerprint density at radius 3 is 2.50 bits per heavy atom. The zero-order valence-corrected chi connectivity index (χ0v) is 21.0. The molecule has 1 amide bonds. The first-order chi connectivity index (χ1) is 16.3. The van der Waals surface area contributed by atoms with Crippen molar-refractivity contribution in [1.29, 1.82) is 0 Å². The second kappa shape index (κ2) is 14.0. The summed E-state index contributed by atoms with van der Waals surface area (Å²) in [4.78, 5) is 12.2. The number of halogens is 4. The summed E-state index contributed by atoms with van der Waals surface area (Å²) >= 11 is 3.49. The third kappa shape index (κ3) is 9.00. The van der Waals surface area contributed by atoms with Crippen molar-refractivity contribution in [2.75, 3.05) is 13.2 Å². The highest BCUT2D eigenvalue weighted by Gasteiger charge is 2.30. The lowest BCUT2D eigenvalue weighted by molar-refractivity contribution is -0.137. The third-order valence-electron chi connectivity index (χ3n) is 4.91. The van der Waals surface area contributed by atoms with Crippen LogP contribution < -0.4 is 14.9 Å². The first-order valence-electron chi connectivity index (χ1n) is 11.4. The fourth-order valence-corrected chi connectivity index (χ4v) is 3.76. The smallest absolute Gasteiger partial charge is 0.416 e. The molecule has 0 radical (unpaired) electrons. The summed E-state index contributed by atoms with van der Waals surface area (Å²) < 4.78 is 50.9. The van der Waals surface area contributed by atoms with Gasteiger partial charge in [0.15, 0.2) is 11.5 Å². The minimum Gasteiger partial charge on any atom is -0.490 e. The van der Waals surface area contributed by atoms with Crippen molar-refractivity contribution in [2.24, 2.45) is 5.10 Å². The van der Waals surface area contributed by atoms with Crippen molar-refractivity contribution in [3.63, 3.8) is 0 Å². The van der Waals surface area contributed by atoms with Crippen LogP contribution in [0, 0.1) is 0 Å². The number of carbonyl (C=O) groups is 1. The topological polar surface area (TPSA) is 59.9 Å². The summed E-state index contributed by atoms with van der Waals surface area (Å²) in [5, 5.41) is 3.87. The van der Waals surface area contributed by atoms with Gasteiger partial charge in [-0.2, -0.15) is 18.3 Å². The lowest BCUT2D eigenvalue weighted by Gasteiger charge is -2.14. The molecule has 186 valence electrons. The Morgan fingerprint density at radius 2 is 1.79 bits per heavy atom. The lowest BCUT2D eigenvalue weighted by Crippen LogP contribution is -2.18. The average Bonchev–Trinajstić information content (AvgIpc) is 2.79. The zero-order chi connectivity index (χ0) is 25.0. The molecule has 0 saturated carbocycles. The van der Waals surface area contributed by atoms with Crippen molar-refractivity contribution >= 4 is 28.1 Å². The molecule has 0 aromatic heterocycles. The van der Waals surface area contributed by atoms with E-state index in [0.29, 0.717) is 34.7 Å². The summed E-state index contributed by atoms with van der Waals surface area (Å²) in [7, 11) is 0. The van der Waals surface area contributed by atoms with Gasteiger partial charge in [-0.25, -0.2) is 5.43 Å². The van der Waals surface area contributed by atoms with E-state index in [1.54, 1.807) is 12.1 Å². The Labute approximate surface area is 206 Å². The summed E-state index contributed by atoms with van der Waals surface area (Å²) in [6.07, 6.45) is 3.82. The standard InChI is InChI=1S/C25H30BrF3N2O3/c1-3-5-6-7-8-9-13-34-23-21(26)14-18(15-22(23)33-4-2)17-30-31-24(32)19-11-10-12-20(16-19)25(27,28)29/h10-12,14-17H,3-9,13H2,1-2H3,(H,31,32)/b30-17+. The SMILES string of the molecule is CCCCCCCCOc1c(Br)cc(/C=N/NC(=O)c2cccc(C(F)(F)F)c2)cc1OCC. The van der Waals surface area contributed by atoms with Crippen LogP contribution in [0.3, 0.4) is 0 Å². The number of hydrazone groups is 1. The van der Waals surface area contributed by atoms with Crippen molar-refractivity contribution in [1.82, 2.24) is 5.43 Å². The van der Waals surface area contributed by atoms with Gasteiger partial charge in [0.1, 0.15) is 0 Å². The maximum atomic E-state index is 12.8. The normalized spacial score (nSPS) is 11.6. The number of carbonyl (C=O) groups excluding carboxylic acids is 1. The number of ether oxygens (including phenoxy) is 2. The van der Waals surface area contributed by atoms with Gasteiger partial charge in [0.05, 0.1) is 29.5 Å². The van der Waals surface area contributed by atoms with E-state index in [1.807, 2.05) is 6.92 Å². The molecule has 0 atom stereocenters. The summed E-state index contributed by atoms with van der Waals surface area (Å²) in [6, 6.07) is 7.65. The quantitative estimate of drug-likeness (QED) is 0.163. The molecule has 0 saturated heterocycles. The van der Waals surface area contributed by atoms with Gasteiger partial charge in [-0.3, -0.25) is 4.79 Å². The number of nitrogens with zero attached hydrogens (tertiary/aromatic N) is 1. The van der Waals surface area contributed by atoms with E-state index < -0.39 is 17.6 Å². The minimum atomic E-state index is -4.53. The number of unbranched alkanes of at least 4 members (excludes halogenated alkanes) is 5. The van der Waals surface area contributed by atoms with Gasteiger partial charge < -0.3 is 9.47 Å². The highest BCUT2D eigenvalue weighted by molar-refractivity contribution is 9.10. The summed E-state index contributed by atoms with van der Waals surface area (Å²) in [5.41, 5.74) is 1.83. The van der Waals surface area contributed by atoms with Crippen LogP contribution in [-0.4, -0.2) is 25.3 Å². The largest absolute Gasteiger partial charge is 0.490 e. The molecule has 5 nitrogen and oxygen atoms in total. The van der Waals surface area contributed by atoms with E-state index in [9.17, 15) is 18.0 Å². The van der Waals surface area contributed by atoms with E-state index in [2.05, 4.69) is 33.4 Å². The van der Waals surface area contributed by atoms with Crippen LogP contribution in [0.15, 0.2) is 46.0 Å². The fraction of sp³-hybridized carbons (Fsp3) is 0.440. The van der Waals surface area contributed by atoms with Crippen molar-refractivity contribution in [3.05, 3.63) is 57.6 Å². The summed E-state index contributed by atoms with van der Waals surface area (Å²) in [5.74, 6) is 0.388. The van der Waals surface area contributed by atoms with Crippen LogP contribution in [0.2, 0.25) is 0 Å². The number of rotatable bonds is 13. The lowest BCUT2D eigenvalue weighted by atomic mass is 10.1. The van der Waals surface area contributed by atoms with E-state index in [-0.39, 0.29) is 5.56 Å². The summed E-state index contributed by atoms with van der Waals surface area (Å²) in [6.45, 7) is 5.06. The molecule has 0 aliphatic rings. The Kier molecular flexibility index (Phi) is 11.4. The molecule has 0 fully saturated rings. The molecule has 0 heterocycles. The van der Waals surface area contributed by atoms with Crippen LogP contribution >= 0.6 is 15.9 Å². The van der Waals surface area contributed by atoms with Gasteiger partial charge in [0.2, 0.25) is 0 Å².